The standard InChI is InChI=1S/C20H24ClN3O5/c1-12-6-3-4-9-20(12)18(27)24(19(28)23-20)10-17(26)29-11-16(25)22-15-8-5-7-14(21)13(15)2/h5,7-8,12H,3-4,6,9-11H2,1-2H3,(H,22,25)(H,23,28)/t12-,20-/m0/s1. The Balaban J connectivity index is 1.54. The van der Waals surface area contributed by atoms with Gasteiger partial charge in [0.25, 0.3) is 11.8 Å². The van der Waals surface area contributed by atoms with Crippen LogP contribution >= 0.6 is 11.6 Å². The van der Waals surface area contributed by atoms with Gasteiger partial charge in [0.15, 0.2) is 6.61 Å². The third kappa shape index (κ3) is 4.22. The van der Waals surface area contributed by atoms with Crippen LogP contribution in [0.4, 0.5) is 10.5 Å². The van der Waals surface area contributed by atoms with Crippen LogP contribution < -0.4 is 10.6 Å². The Kier molecular flexibility index (Phi) is 6.12. The van der Waals surface area contributed by atoms with Gasteiger partial charge in [-0.25, -0.2) is 4.79 Å². The first-order valence-corrected chi connectivity index (χ1v) is 9.97. The number of anilines is 1. The number of nitrogens with zero attached hydrogens (tertiary/aromatic N) is 1. The van der Waals surface area contributed by atoms with Crippen molar-refractivity contribution < 1.29 is 23.9 Å². The molecule has 1 aromatic carbocycles. The quantitative estimate of drug-likeness (QED) is 0.561. The number of rotatable bonds is 5. The van der Waals surface area contributed by atoms with Gasteiger partial charge in [-0.1, -0.05) is 37.4 Å². The lowest BCUT2D eigenvalue weighted by molar-refractivity contribution is -0.150. The molecular formula is C20H24ClN3O5. The van der Waals surface area contributed by atoms with Gasteiger partial charge in [-0.05, 0) is 43.4 Å². The number of benzene rings is 1. The Bertz CT molecular complexity index is 859. The Labute approximate surface area is 173 Å². The number of esters is 1. The number of carbonyl (C=O) groups is 4. The average Bonchev–Trinajstić information content (AvgIpc) is 2.91. The van der Waals surface area contributed by atoms with E-state index in [9.17, 15) is 19.2 Å². The third-order valence-corrected chi connectivity index (χ3v) is 6.10. The van der Waals surface area contributed by atoms with Gasteiger partial charge < -0.3 is 15.4 Å². The maximum Gasteiger partial charge on any atom is 0.326 e. The van der Waals surface area contributed by atoms with E-state index in [-0.39, 0.29) is 5.92 Å². The van der Waals surface area contributed by atoms with Crippen molar-refractivity contribution in [3.8, 4) is 0 Å². The number of carbonyl (C=O) groups excluding carboxylic acids is 4. The first-order chi connectivity index (χ1) is 13.7. The predicted octanol–water partition coefficient (Wildman–Crippen LogP) is 2.63. The molecule has 1 heterocycles. The molecule has 1 aromatic rings. The molecule has 3 rings (SSSR count). The summed E-state index contributed by atoms with van der Waals surface area (Å²) in [6.07, 6.45) is 3.26. The Morgan fingerprint density at radius 3 is 2.83 bits per heavy atom. The van der Waals surface area contributed by atoms with Gasteiger partial charge in [0.05, 0.1) is 0 Å². The van der Waals surface area contributed by atoms with Crippen molar-refractivity contribution in [2.45, 2.75) is 45.1 Å². The van der Waals surface area contributed by atoms with Gasteiger partial charge in [0.1, 0.15) is 12.1 Å². The molecule has 1 spiro atoms. The Hall–Kier alpha value is -2.61. The number of amides is 4. The lowest BCUT2D eigenvalue weighted by Crippen LogP contribution is -2.54. The molecule has 1 aliphatic heterocycles. The molecule has 0 unspecified atom stereocenters. The first kappa shape index (κ1) is 21.1. The van der Waals surface area contributed by atoms with Crippen LogP contribution in [0.25, 0.3) is 0 Å². The molecule has 29 heavy (non-hydrogen) atoms. The molecule has 1 saturated heterocycles. The zero-order valence-electron chi connectivity index (χ0n) is 16.4. The second-order valence-corrected chi connectivity index (χ2v) is 7.97. The van der Waals surface area contributed by atoms with Crippen molar-refractivity contribution >= 4 is 41.1 Å². The molecule has 8 nitrogen and oxygen atoms in total. The summed E-state index contributed by atoms with van der Waals surface area (Å²) in [4.78, 5) is 50.2. The van der Waals surface area contributed by atoms with Crippen molar-refractivity contribution in [1.82, 2.24) is 10.2 Å². The van der Waals surface area contributed by atoms with Crippen LogP contribution in [0.5, 0.6) is 0 Å². The molecule has 9 heteroatoms. The molecule has 2 N–H and O–H groups in total. The molecule has 0 bridgehead atoms. The van der Waals surface area contributed by atoms with E-state index in [2.05, 4.69) is 10.6 Å². The SMILES string of the molecule is Cc1c(Cl)cccc1NC(=O)COC(=O)CN1C(=O)N[C@]2(CCCC[C@@H]2C)C1=O. The van der Waals surface area contributed by atoms with Crippen LogP contribution in [-0.2, 0) is 19.1 Å². The number of halogens is 1. The van der Waals surface area contributed by atoms with E-state index in [0.717, 1.165) is 24.2 Å². The van der Waals surface area contributed by atoms with E-state index in [1.54, 1.807) is 25.1 Å². The fraction of sp³-hybridized carbons (Fsp3) is 0.500. The van der Waals surface area contributed by atoms with Crippen LogP contribution in [0.2, 0.25) is 5.02 Å². The van der Waals surface area contributed by atoms with E-state index in [0.29, 0.717) is 22.7 Å². The zero-order chi connectivity index (χ0) is 21.2. The maximum atomic E-state index is 12.8. The van der Waals surface area contributed by atoms with Crippen molar-refractivity contribution in [1.29, 1.82) is 0 Å². The predicted molar refractivity (Wildman–Crippen MR) is 106 cm³/mol. The summed E-state index contributed by atoms with van der Waals surface area (Å²) < 4.78 is 4.95. The summed E-state index contributed by atoms with van der Waals surface area (Å²) in [7, 11) is 0. The molecular weight excluding hydrogens is 398 g/mol. The van der Waals surface area contributed by atoms with Crippen LogP contribution in [-0.4, -0.2) is 47.4 Å². The van der Waals surface area contributed by atoms with Gasteiger partial charge in [-0.2, -0.15) is 0 Å². The van der Waals surface area contributed by atoms with Gasteiger partial charge >= 0.3 is 12.0 Å². The Morgan fingerprint density at radius 2 is 2.10 bits per heavy atom. The number of ether oxygens (including phenoxy) is 1. The molecule has 156 valence electrons. The number of imide groups is 1. The highest BCUT2D eigenvalue weighted by Crippen LogP contribution is 2.38. The summed E-state index contributed by atoms with van der Waals surface area (Å²) in [5.74, 6) is -1.77. The monoisotopic (exact) mass is 421 g/mol. The van der Waals surface area contributed by atoms with E-state index in [1.165, 1.54) is 0 Å². The topological polar surface area (TPSA) is 105 Å². The summed E-state index contributed by atoms with van der Waals surface area (Å²) in [6.45, 7) is 2.63. The summed E-state index contributed by atoms with van der Waals surface area (Å²) in [5, 5.41) is 5.88. The Morgan fingerprint density at radius 1 is 1.34 bits per heavy atom. The molecule has 2 atom stereocenters. The van der Waals surface area contributed by atoms with Crippen molar-refractivity contribution in [3.05, 3.63) is 28.8 Å². The van der Waals surface area contributed by atoms with E-state index in [1.807, 2.05) is 6.92 Å². The minimum atomic E-state index is -0.933. The highest BCUT2D eigenvalue weighted by Gasteiger charge is 2.55. The highest BCUT2D eigenvalue weighted by molar-refractivity contribution is 6.31. The van der Waals surface area contributed by atoms with Gasteiger partial charge in [-0.15, -0.1) is 0 Å². The van der Waals surface area contributed by atoms with Gasteiger partial charge in [0.2, 0.25) is 0 Å². The smallest absolute Gasteiger partial charge is 0.326 e. The highest BCUT2D eigenvalue weighted by atomic mass is 35.5. The molecule has 2 fully saturated rings. The zero-order valence-corrected chi connectivity index (χ0v) is 17.2. The van der Waals surface area contributed by atoms with Gasteiger partial charge in [0, 0.05) is 10.7 Å². The van der Waals surface area contributed by atoms with E-state index < -0.39 is 42.5 Å². The number of urea groups is 1. The number of hydrogen-bond donors (Lipinski definition) is 2. The number of hydrogen-bond acceptors (Lipinski definition) is 5. The van der Waals surface area contributed by atoms with Crippen molar-refractivity contribution in [3.63, 3.8) is 0 Å². The first-order valence-electron chi connectivity index (χ1n) is 9.59. The van der Waals surface area contributed by atoms with Crippen molar-refractivity contribution in [2.75, 3.05) is 18.5 Å². The van der Waals surface area contributed by atoms with Crippen molar-refractivity contribution in [2.24, 2.45) is 5.92 Å². The molecule has 0 aromatic heterocycles. The molecule has 4 amide bonds. The van der Waals surface area contributed by atoms with Crippen LogP contribution in [0.3, 0.4) is 0 Å². The fourth-order valence-electron chi connectivity index (χ4n) is 3.89. The van der Waals surface area contributed by atoms with Gasteiger partial charge in [-0.3, -0.25) is 19.3 Å². The third-order valence-electron chi connectivity index (χ3n) is 5.69. The largest absolute Gasteiger partial charge is 0.454 e. The van der Waals surface area contributed by atoms with Crippen LogP contribution in [0.15, 0.2) is 18.2 Å². The summed E-state index contributed by atoms with van der Waals surface area (Å²) in [5.41, 5.74) is 0.276. The summed E-state index contributed by atoms with van der Waals surface area (Å²) >= 11 is 6.01. The molecule has 1 aliphatic carbocycles. The number of nitrogens with one attached hydrogen (secondary N) is 2. The minimum Gasteiger partial charge on any atom is -0.454 e. The lowest BCUT2D eigenvalue weighted by atomic mass is 9.73. The second kappa shape index (κ2) is 8.41. The maximum absolute atomic E-state index is 12.8. The minimum absolute atomic E-state index is 0.000402. The van der Waals surface area contributed by atoms with E-state index in [4.69, 9.17) is 16.3 Å². The molecule has 2 aliphatic rings. The fourth-order valence-corrected chi connectivity index (χ4v) is 4.06. The van der Waals surface area contributed by atoms with E-state index >= 15 is 0 Å². The second-order valence-electron chi connectivity index (χ2n) is 7.56. The molecule has 1 saturated carbocycles. The average molecular weight is 422 g/mol. The van der Waals surface area contributed by atoms with Crippen LogP contribution in [0.1, 0.15) is 38.2 Å². The normalized spacial score (nSPS) is 23.8. The van der Waals surface area contributed by atoms with Crippen LogP contribution in [0, 0.1) is 12.8 Å². The molecule has 0 radical (unpaired) electrons. The summed E-state index contributed by atoms with van der Waals surface area (Å²) in [6, 6.07) is 4.47. The lowest BCUT2D eigenvalue weighted by Gasteiger charge is -2.36.